The van der Waals surface area contributed by atoms with Gasteiger partial charge in [-0.15, -0.1) is 0 Å². The zero-order valence-electron chi connectivity index (χ0n) is 9.63. The number of fused-ring (bicyclic) bond motifs is 1. The van der Waals surface area contributed by atoms with Gasteiger partial charge < -0.3 is 4.98 Å². The number of imidazole rings is 1. The van der Waals surface area contributed by atoms with E-state index < -0.39 is 0 Å². The molecule has 0 radical (unpaired) electrons. The molecule has 1 N–H and O–H groups in total. The molecular weight excluding hydrogens is 191 g/mol. The third-order valence-electron chi connectivity index (χ3n) is 2.16. The Morgan fingerprint density at radius 2 is 1.93 bits per heavy atom. The monoisotopic (exact) mass is 208 g/mol. The number of hydrogen-bond acceptors (Lipinski definition) is 1. The molecule has 0 aliphatic rings. The Kier molecular flexibility index (Phi) is 3.83. The van der Waals surface area contributed by atoms with Crippen LogP contribution in [0.2, 0.25) is 0 Å². The van der Waals surface area contributed by atoms with Gasteiger partial charge in [0.05, 0.1) is 17.4 Å². The molecule has 2 nitrogen and oxygen atoms in total. The molecule has 0 atom stereocenters. The Morgan fingerprint density at radius 3 is 2.53 bits per heavy atom. The molecule has 3 heteroatoms. The van der Waals surface area contributed by atoms with Crippen LogP contribution < -0.4 is 0 Å². The van der Waals surface area contributed by atoms with Gasteiger partial charge in [-0.2, -0.15) is 0 Å². The van der Waals surface area contributed by atoms with Crippen molar-refractivity contribution in [3.05, 3.63) is 29.8 Å². The van der Waals surface area contributed by atoms with Crippen LogP contribution in [0.25, 0.3) is 11.0 Å². The Labute approximate surface area is 89.5 Å². The van der Waals surface area contributed by atoms with Gasteiger partial charge in [0.15, 0.2) is 0 Å². The van der Waals surface area contributed by atoms with Crippen LogP contribution in [-0.4, -0.2) is 9.97 Å². The molecule has 1 aromatic heterocycles. The van der Waals surface area contributed by atoms with Gasteiger partial charge in [-0.1, -0.05) is 27.7 Å². The number of aromatic nitrogens is 2. The van der Waals surface area contributed by atoms with E-state index in [9.17, 15) is 4.39 Å². The van der Waals surface area contributed by atoms with Crippen LogP contribution in [0.5, 0.6) is 0 Å². The van der Waals surface area contributed by atoms with E-state index >= 15 is 0 Å². The summed E-state index contributed by atoms with van der Waals surface area (Å²) >= 11 is 0. The summed E-state index contributed by atoms with van der Waals surface area (Å²) in [5, 5.41) is 0. The zero-order chi connectivity index (χ0) is 11.4. The van der Waals surface area contributed by atoms with Gasteiger partial charge >= 0.3 is 0 Å². The first kappa shape index (κ1) is 11.7. The number of halogens is 1. The number of H-pyrrole nitrogens is 1. The molecule has 1 aromatic carbocycles. The summed E-state index contributed by atoms with van der Waals surface area (Å²) in [7, 11) is 0. The molecule has 2 aromatic rings. The van der Waals surface area contributed by atoms with Crippen molar-refractivity contribution in [2.45, 2.75) is 33.6 Å². The smallest absolute Gasteiger partial charge is 0.128 e. The van der Waals surface area contributed by atoms with Crippen LogP contribution in [0.1, 0.15) is 39.2 Å². The molecule has 0 fully saturated rings. The van der Waals surface area contributed by atoms with Crippen LogP contribution in [0.15, 0.2) is 18.5 Å². The second-order valence-electron chi connectivity index (χ2n) is 3.45. The lowest BCUT2D eigenvalue weighted by Crippen LogP contribution is -1.92. The van der Waals surface area contributed by atoms with E-state index in [4.69, 9.17) is 0 Å². The van der Waals surface area contributed by atoms with Gasteiger partial charge in [-0.25, -0.2) is 9.37 Å². The number of benzene rings is 1. The minimum atomic E-state index is -0.172. The van der Waals surface area contributed by atoms with Crippen LogP contribution in [0.4, 0.5) is 4.39 Å². The van der Waals surface area contributed by atoms with Crippen molar-refractivity contribution < 1.29 is 4.39 Å². The Bertz CT molecular complexity index is 432. The molecule has 1 heterocycles. The third-order valence-corrected chi connectivity index (χ3v) is 2.16. The molecule has 0 saturated carbocycles. The van der Waals surface area contributed by atoms with Crippen LogP contribution in [-0.2, 0) is 0 Å². The second kappa shape index (κ2) is 4.91. The van der Waals surface area contributed by atoms with E-state index in [2.05, 4.69) is 9.97 Å². The van der Waals surface area contributed by atoms with Gasteiger partial charge in [0, 0.05) is 6.07 Å². The molecule has 0 saturated heterocycles. The quantitative estimate of drug-likeness (QED) is 0.757. The lowest BCUT2D eigenvalue weighted by atomic mass is 10.0. The molecule has 82 valence electrons. The van der Waals surface area contributed by atoms with E-state index in [-0.39, 0.29) is 11.7 Å². The van der Waals surface area contributed by atoms with E-state index in [0.717, 1.165) is 11.1 Å². The lowest BCUT2D eigenvalue weighted by Gasteiger charge is -2.05. The second-order valence-corrected chi connectivity index (χ2v) is 3.45. The first-order chi connectivity index (χ1) is 7.18. The van der Waals surface area contributed by atoms with Crippen LogP contribution in [0, 0.1) is 5.82 Å². The summed E-state index contributed by atoms with van der Waals surface area (Å²) in [5.41, 5.74) is 2.31. The topological polar surface area (TPSA) is 28.7 Å². The van der Waals surface area contributed by atoms with Crippen molar-refractivity contribution in [3.63, 3.8) is 0 Å². The predicted octanol–water partition coefficient (Wildman–Crippen LogP) is 3.85. The van der Waals surface area contributed by atoms with Gasteiger partial charge in [-0.05, 0) is 17.5 Å². The zero-order valence-corrected chi connectivity index (χ0v) is 9.63. The van der Waals surface area contributed by atoms with Crippen molar-refractivity contribution in [2.75, 3.05) is 0 Å². The summed E-state index contributed by atoms with van der Waals surface area (Å²) in [6.07, 6.45) is 1.58. The van der Waals surface area contributed by atoms with Gasteiger partial charge in [-0.3, -0.25) is 0 Å². The molecule has 0 aliphatic heterocycles. The maximum atomic E-state index is 13.4. The van der Waals surface area contributed by atoms with Crippen molar-refractivity contribution in [3.8, 4) is 0 Å². The van der Waals surface area contributed by atoms with E-state index in [0.29, 0.717) is 5.52 Å². The Balaban J connectivity index is 0.000000531. The number of hydrogen-bond donors (Lipinski definition) is 1. The van der Waals surface area contributed by atoms with Crippen molar-refractivity contribution in [1.29, 1.82) is 0 Å². The molecular formula is C12H17FN2. The number of aromatic amines is 1. The predicted molar refractivity (Wildman–Crippen MR) is 61.5 cm³/mol. The fourth-order valence-electron chi connectivity index (χ4n) is 1.42. The molecule has 2 rings (SSSR count). The first-order valence-corrected chi connectivity index (χ1v) is 5.31. The average molecular weight is 208 g/mol. The van der Waals surface area contributed by atoms with Gasteiger partial charge in [0.25, 0.3) is 0 Å². The van der Waals surface area contributed by atoms with Crippen molar-refractivity contribution >= 4 is 11.0 Å². The highest BCUT2D eigenvalue weighted by Gasteiger charge is 2.08. The normalized spacial score (nSPS) is 10.3. The van der Waals surface area contributed by atoms with Crippen LogP contribution in [0.3, 0.4) is 0 Å². The SMILES string of the molecule is CC.CC(C)c1cc2[nH]cnc2cc1F. The minimum absolute atomic E-state index is 0.172. The lowest BCUT2D eigenvalue weighted by molar-refractivity contribution is 0.600. The van der Waals surface area contributed by atoms with E-state index in [1.54, 1.807) is 6.33 Å². The summed E-state index contributed by atoms with van der Waals surface area (Å²) < 4.78 is 13.4. The molecule has 0 aliphatic carbocycles. The van der Waals surface area contributed by atoms with Gasteiger partial charge in [0.2, 0.25) is 0 Å². The largest absolute Gasteiger partial charge is 0.345 e. The van der Waals surface area contributed by atoms with E-state index in [1.165, 1.54) is 6.07 Å². The Hall–Kier alpha value is -1.38. The van der Waals surface area contributed by atoms with E-state index in [1.807, 2.05) is 33.8 Å². The molecule has 0 spiro atoms. The Morgan fingerprint density at radius 1 is 1.27 bits per heavy atom. The highest BCUT2D eigenvalue weighted by Crippen LogP contribution is 2.22. The van der Waals surface area contributed by atoms with Crippen molar-refractivity contribution in [1.82, 2.24) is 9.97 Å². The summed E-state index contributed by atoms with van der Waals surface area (Å²) in [6, 6.07) is 3.30. The highest BCUT2D eigenvalue weighted by molar-refractivity contribution is 5.75. The maximum absolute atomic E-state index is 13.4. The minimum Gasteiger partial charge on any atom is -0.345 e. The highest BCUT2D eigenvalue weighted by atomic mass is 19.1. The molecule has 15 heavy (non-hydrogen) atoms. The van der Waals surface area contributed by atoms with Crippen LogP contribution >= 0.6 is 0 Å². The summed E-state index contributed by atoms with van der Waals surface area (Å²) in [5.74, 6) is 0.0299. The van der Waals surface area contributed by atoms with Crippen molar-refractivity contribution in [2.24, 2.45) is 0 Å². The maximum Gasteiger partial charge on any atom is 0.128 e. The number of nitrogens with zero attached hydrogens (tertiary/aromatic N) is 1. The number of rotatable bonds is 1. The van der Waals surface area contributed by atoms with Gasteiger partial charge in [0.1, 0.15) is 5.82 Å². The summed E-state index contributed by atoms with van der Waals surface area (Å²) in [6.45, 7) is 7.95. The fraction of sp³-hybridized carbons (Fsp3) is 0.417. The fourth-order valence-corrected chi connectivity index (χ4v) is 1.42. The average Bonchev–Trinajstić information content (AvgIpc) is 2.66. The summed E-state index contributed by atoms with van der Waals surface area (Å²) in [4.78, 5) is 6.95. The molecule has 0 amide bonds. The standard InChI is InChI=1S/C10H11FN2.C2H6/c1-6(2)7-3-9-10(4-8(7)11)13-5-12-9;1-2/h3-6H,1-2H3,(H,12,13);1-2H3. The molecule has 0 unspecified atom stereocenters. The third kappa shape index (κ3) is 2.35. The molecule has 0 bridgehead atoms. The number of nitrogens with one attached hydrogen (secondary N) is 1. The first-order valence-electron chi connectivity index (χ1n) is 5.31.